The highest BCUT2D eigenvalue weighted by molar-refractivity contribution is 5.68. The van der Waals surface area contributed by atoms with Crippen LogP contribution in [-0.2, 0) is 6.54 Å². The molecule has 0 saturated carbocycles. The lowest BCUT2D eigenvalue weighted by atomic mass is 9.96. The van der Waals surface area contributed by atoms with Gasteiger partial charge in [-0.3, -0.25) is 0 Å². The Kier molecular flexibility index (Phi) is 4.39. The summed E-state index contributed by atoms with van der Waals surface area (Å²) >= 11 is 0. The molecule has 0 aromatic heterocycles. The van der Waals surface area contributed by atoms with Crippen LogP contribution in [0.15, 0.2) is 42.5 Å². The predicted molar refractivity (Wildman–Crippen MR) is 83.3 cm³/mol. The van der Waals surface area contributed by atoms with Crippen LogP contribution in [-0.4, -0.2) is 6.04 Å². The minimum Gasteiger partial charge on any atom is -0.310 e. The first-order chi connectivity index (χ1) is 9.06. The molecule has 0 radical (unpaired) electrons. The van der Waals surface area contributed by atoms with Gasteiger partial charge >= 0.3 is 0 Å². The Labute approximate surface area is 116 Å². The van der Waals surface area contributed by atoms with Crippen molar-refractivity contribution < 1.29 is 0 Å². The SMILES string of the molecule is Cc1ccc(-c2cc(C)ccc2CNC(C)C)cc1. The highest BCUT2D eigenvalue weighted by atomic mass is 14.9. The standard InChI is InChI=1S/C18H23N/c1-13(2)19-12-17-10-7-15(4)11-18(17)16-8-5-14(3)6-9-16/h5-11,13,19H,12H2,1-4H3. The summed E-state index contributed by atoms with van der Waals surface area (Å²) < 4.78 is 0. The van der Waals surface area contributed by atoms with Gasteiger partial charge in [-0.25, -0.2) is 0 Å². The van der Waals surface area contributed by atoms with Crippen molar-refractivity contribution in [3.63, 3.8) is 0 Å². The van der Waals surface area contributed by atoms with Gasteiger partial charge in [0.15, 0.2) is 0 Å². The summed E-state index contributed by atoms with van der Waals surface area (Å²) in [5, 5.41) is 3.50. The normalized spacial score (nSPS) is 11.0. The van der Waals surface area contributed by atoms with Crippen LogP contribution < -0.4 is 5.32 Å². The van der Waals surface area contributed by atoms with E-state index in [1.54, 1.807) is 0 Å². The van der Waals surface area contributed by atoms with Gasteiger partial charge in [0.1, 0.15) is 0 Å². The highest BCUT2D eigenvalue weighted by Gasteiger charge is 2.06. The van der Waals surface area contributed by atoms with E-state index in [9.17, 15) is 0 Å². The topological polar surface area (TPSA) is 12.0 Å². The van der Waals surface area contributed by atoms with Crippen molar-refractivity contribution in [3.05, 3.63) is 59.2 Å². The van der Waals surface area contributed by atoms with E-state index >= 15 is 0 Å². The number of hydrogen-bond donors (Lipinski definition) is 1. The first kappa shape index (κ1) is 13.8. The fourth-order valence-corrected chi connectivity index (χ4v) is 2.16. The molecule has 1 heteroatoms. The zero-order valence-electron chi connectivity index (χ0n) is 12.3. The average molecular weight is 253 g/mol. The molecule has 0 amide bonds. The molecule has 0 fully saturated rings. The Hall–Kier alpha value is -1.60. The van der Waals surface area contributed by atoms with Crippen LogP contribution >= 0.6 is 0 Å². The molecule has 19 heavy (non-hydrogen) atoms. The number of aryl methyl sites for hydroxylation is 2. The van der Waals surface area contributed by atoms with Crippen molar-refractivity contribution in [2.24, 2.45) is 0 Å². The van der Waals surface area contributed by atoms with Gasteiger partial charge in [-0.05, 0) is 30.5 Å². The molecule has 0 unspecified atom stereocenters. The molecule has 2 rings (SSSR count). The van der Waals surface area contributed by atoms with Crippen molar-refractivity contribution in [1.29, 1.82) is 0 Å². The van der Waals surface area contributed by atoms with Crippen LogP contribution in [0, 0.1) is 13.8 Å². The van der Waals surface area contributed by atoms with Crippen LogP contribution in [0.5, 0.6) is 0 Å². The van der Waals surface area contributed by atoms with Crippen molar-refractivity contribution in [2.45, 2.75) is 40.3 Å². The third-order valence-corrected chi connectivity index (χ3v) is 3.33. The molecule has 1 N–H and O–H groups in total. The molecular formula is C18H23N. The Bertz CT molecular complexity index is 538. The van der Waals surface area contributed by atoms with Gasteiger partial charge in [0.2, 0.25) is 0 Å². The van der Waals surface area contributed by atoms with Gasteiger partial charge in [0, 0.05) is 12.6 Å². The Morgan fingerprint density at radius 2 is 1.53 bits per heavy atom. The summed E-state index contributed by atoms with van der Waals surface area (Å²) in [6.45, 7) is 9.55. The van der Waals surface area contributed by atoms with Gasteiger partial charge in [-0.1, -0.05) is 67.4 Å². The molecule has 0 heterocycles. The van der Waals surface area contributed by atoms with Gasteiger partial charge in [-0.15, -0.1) is 0 Å². The third kappa shape index (κ3) is 3.68. The van der Waals surface area contributed by atoms with Gasteiger partial charge in [0.05, 0.1) is 0 Å². The second-order valence-corrected chi connectivity index (χ2v) is 5.56. The Morgan fingerprint density at radius 1 is 0.895 bits per heavy atom. The van der Waals surface area contributed by atoms with E-state index in [0.717, 1.165) is 6.54 Å². The van der Waals surface area contributed by atoms with Gasteiger partial charge in [-0.2, -0.15) is 0 Å². The molecular weight excluding hydrogens is 230 g/mol. The predicted octanol–water partition coefficient (Wildman–Crippen LogP) is 4.47. The number of rotatable bonds is 4. The molecule has 0 bridgehead atoms. The molecule has 2 aromatic carbocycles. The van der Waals surface area contributed by atoms with E-state index in [1.807, 2.05) is 0 Å². The van der Waals surface area contributed by atoms with Crippen LogP contribution in [0.2, 0.25) is 0 Å². The summed E-state index contributed by atoms with van der Waals surface area (Å²) in [6.07, 6.45) is 0. The van der Waals surface area contributed by atoms with Crippen LogP contribution in [0.4, 0.5) is 0 Å². The zero-order chi connectivity index (χ0) is 13.8. The zero-order valence-corrected chi connectivity index (χ0v) is 12.3. The lowest BCUT2D eigenvalue weighted by Crippen LogP contribution is -2.22. The summed E-state index contributed by atoms with van der Waals surface area (Å²) in [6, 6.07) is 16.0. The number of hydrogen-bond acceptors (Lipinski definition) is 1. The van der Waals surface area contributed by atoms with Gasteiger partial charge in [0.25, 0.3) is 0 Å². The van der Waals surface area contributed by atoms with E-state index in [0.29, 0.717) is 6.04 Å². The van der Waals surface area contributed by atoms with Crippen molar-refractivity contribution >= 4 is 0 Å². The highest BCUT2D eigenvalue weighted by Crippen LogP contribution is 2.25. The first-order valence-corrected chi connectivity index (χ1v) is 6.96. The lowest BCUT2D eigenvalue weighted by molar-refractivity contribution is 0.589. The van der Waals surface area contributed by atoms with Crippen molar-refractivity contribution in [1.82, 2.24) is 5.32 Å². The molecule has 2 aromatic rings. The fraction of sp³-hybridized carbons (Fsp3) is 0.333. The molecule has 0 atom stereocenters. The summed E-state index contributed by atoms with van der Waals surface area (Å²) in [7, 11) is 0. The second kappa shape index (κ2) is 6.03. The van der Waals surface area contributed by atoms with Crippen LogP contribution in [0.1, 0.15) is 30.5 Å². The quantitative estimate of drug-likeness (QED) is 0.847. The molecule has 1 nitrogen and oxygen atoms in total. The van der Waals surface area contributed by atoms with Crippen LogP contribution in [0.3, 0.4) is 0 Å². The van der Waals surface area contributed by atoms with E-state index in [2.05, 4.69) is 75.5 Å². The molecule has 0 spiro atoms. The lowest BCUT2D eigenvalue weighted by Gasteiger charge is -2.14. The monoisotopic (exact) mass is 253 g/mol. The summed E-state index contributed by atoms with van der Waals surface area (Å²) in [5.74, 6) is 0. The van der Waals surface area contributed by atoms with E-state index in [4.69, 9.17) is 0 Å². The number of nitrogens with one attached hydrogen (secondary N) is 1. The minimum atomic E-state index is 0.507. The van der Waals surface area contributed by atoms with E-state index < -0.39 is 0 Å². The molecule has 0 saturated heterocycles. The maximum Gasteiger partial charge on any atom is 0.0214 e. The smallest absolute Gasteiger partial charge is 0.0214 e. The Morgan fingerprint density at radius 3 is 2.16 bits per heavy atom. The third-order valence-electron chi connectivity index (χ3n) is 3.33. The average Bonchev–Trinajstić information content (AvgIpc) is 2.38. The molecule has 0 aliphatic carbocycles. The van der Waals surface area contributed by atoms with Gasteiger partial charge < -0.3 is 5.32 Å². The second-order valence-electron chi connectivity index (χ2n) is 5.56. The minimum absolute atomic E-state index is 0.507. The maximum atomic E-state index is 3.50. The largest absolute Gasteiger partial charge is 0.310 e. The Balaban J connectivity index is 2.36. The fourth-order valence-electron chi connectivity index (χ4n) is 2.16. The summed E-state index contributed by atoms with van der Waals surface area (Å²) in [4.78, 5) is 0. The molecule has 100 valence electrons. The maximum absolute atomic E-state index is 3.50. The van der Waals surface area contributed by atoms with E-state index in [-0.39, 0.29) is 0 Å². The van der Waals surface area contributed by atoms with Crippen LogP contribution in [0.25, 0.3) is 11.1 Å². The van der Waals surface area contributed by atoms with Crippen molar-refractivity contribution in [3.8, 4) is 11.1 Å². The number of benzene rings is 2. The van der Waals surface area contributed by atoms with Crippen molar-refractivity contribution in [2.75, 3.05) is 0 Å². The molecule has 0 aliphatic heterocycles. The molecule has 0 aliphatic rings. The summed E-state index contributed by atoms with van der Waals surface area (Å²) in [5.41, 5.74) is 6.62. The first-order valence-electron chi connectivity index (χ1n) is 6.96. The van der Waals surface area contributed by atoms with E-state index in [1.165, 1.54) is 27.8 Å².